The van der Waals surface area contributed by atoms with E-state index in [2.05, 4.69) is 15.7 Å². The van der Waals surface area contributed by atoms with E-state index in [1.807, 2.05) is 0 Å². The lowest BCUT2D eigenvalue weighted by Crippen LogP contribution is -2.36. The summed E-state index contributed by atoms with van der Waals surface area (Å²) in [4.78, 5) is 4.05. The minimum Gasteiger partial charge on any atom is -0.385 e. The topological polar surface area (TPSA) is 71.7 Å². The third kappa shape index (κ3) is 4.98. The van der Waals surface area contributed by atoms with E-state index in [1.165, 1.54) is 0 Å². The van der Waals surface area contributed by atoms with Gasteiger partial charge in [0.15, 0.2) is 5.82 Å². The van der Waals surface area contributed by atoms with Crippen LogP contribution in [0.5, 0.6) is 0 Å². The summed E-state index contributed by atoms with van der Waals surface area (Å²) in [7, 11) is 1.58. The maximum absolute atomic E-state index is 13.5. The minimum atomic E-state index is -0.829. The number of hydrogen-bond donors (Lipinski definition) is 3. The molecule has 0 unspecified atom stereocenters. The van der Waals surface area contributed by atoms with Crippen molar-refractivity contribution in [2.24, 2.45) is 10.8 Å². The number of rotatable bonds is 5. The molecule has 0 spiro atoms. The predicted molar refractivity (Wildman–Crippen MR) is 71.1 cm³/mol. The van der Waals surface area contributed by atoms with Crippen molar-refractivity contribution in [2.45, 2.75) is 6.42 Å². The maximum Gasteiger partial charge on any atom is 0.210 e. The van der Waals surface area contributed by atoms with E-state index in [-0.39, 0.29) is 16.7 Å². The van der Waals surface area contributed by atoms with Crippen LogP contribution in [0.3, 0.4) is 0 Å². The first-order valence-electron chi connectivity index (χ1n) is 5.50. The Morgan fingerprint density at radius 2 is 2.21 bits per heavy atom. The number of hydrazine groups is 1. The van der Waals surface area contributed by atoms with Crippen molar-refractivity contribution in [2.75, 3.05) is 25.6 Å². The number of anilines is 1. The smallest absolute Gasteiger partial charge is 0.210 e. The summed E-state index contributed by atoms with van der Waals surface area (Å²) in [5.41, 5.74) is 2.18. The average Bonchev–Trinajstić information content (AvgIpc) is 2.36. The lowest BCUT2D eigenvalue weighted by molar-refractivity contribution is 0.197. The molecule has 0 atom stereocenters. The molecule has 5 nitrogen and oxygen atoms in total. The van der Waals surface area contributed by atoms with Crippen molar-refractivity contribution in [1.29, 1.82) is 0 Å². The molecule has 0 saturated carbocycles. The maximum atomic E-state index is 13.5. The van der Waals surface area contributed by atoms with Gasteiger partial charge in [-0.15, -0.1) is 0 Å². The Morgan fingerprint density at radius 1 is 1.47 bits per heavy atom. The summed E-state index contributed by atoms with van der Waals surface area (Å²) in [6.45, 7) is 0.980. The summed E-state index contributed by atoms with van der Waals surface area (Å²) in [5, 5.41) is 2.47. The van der Waals surface area contributed by atoms with E-state index in [0.29, 0.717) is 25.6 Å². The highest BCUT2D eigenvalue weighted by Crippen LogP contribution is 2.26. The Kier molecular flexibility index (Phi) is 6.48. The van der Waals surface area contributed by atoms with Gasteiger partial charge in [-0.1, -0.05) is 11.6 Å². The Balaban J connectivity index is 2.75. The predicted octanol–water partition coefficient (Wildman–Crippen LogP) is 1.89. The first-order valence-corrected chi connectivity index (χ1v) is 5.88. The lowest BCUT2D eigenvalue weighted by Gasteiger charge is -2.11. The number of methoxy groups -OCH3 is 1. The molecule has 0 aliphatic heterocycles. The normalized spacial score (nSPS) is 11.5. The Hall–Kier alpha value is -1.44. The van der Waals surface area contributed by atoms with Crippen LogP contribution in [-0.2, 0) is 4.74 Å². The van der Waals surface area contributed by atoms with Crippen LogP contribution in [0.1, 0.15) is 6.42 Å². The van der Waals surface area contributed by atoms with Gasteiger partial charge in [-0.2, -0.15) is 0 Å². The van der Waals surface area contributed by atoms with E-state index >= 15 is 0 Å². The molecule has 0 heterocycles. The van der Waals surface area contributed by atoms with Gasteiger partial charge in [-0.3, -0.25) is 10.4 Å². The second-order valence-corrected chi connectivity index (χ2v) is 4.00. The minimum absolute atomic E-state index is 0.0912. The molecule has 0 fully saturated rings. The van der Waals surface area contributed by atoms with Gasteiger partial charge in [0.25, 0.3) is 0 Å². The fraction of sp³-hybridized carbons (Fsp3) is 0.364. The van der Waals surface area contributed by atoms with Gasteiger partial charge in [0.1, 0.15) is 5.82 Å². The van der Waals surface area contributed by atoms with Gasteiger partial charge in [-0.25, -0.2) is 14.6 Å². The second kappa shape index (κ2) is 7.88. The van der Waals surface area contributed by atoms with E-state index in [0.717, 1.165) is 6.07 Å². The van der Waals surface area contributed by atoms with Gasteiger partial charge in [0.05, 0.1) is 10.7 Å². The Bertz CT molecular complexity index is 433. The van der Waals surface area contributed by atoms with Crippen molar-refractivity contribution in [1.82, 2.24) is 5.43 Å². The molecule has 19 heavy (non-hydrogen) atoms. The highest BCUT2D eigenvalue weighted by Gasteiger charge is 2.11. The number of nitrogens with one attached hydrogen (secondary N) is 2. The molecule has 0 aliphatic carbocycles. The number of hydrogen-bond acceptors (Lipinski definition) is 3. The summed E-state index contributed by atoms with van der Waals surface area (Å²) < 4.78 is 31.3. The lowest BCUT2D eigenvalue weighted by atomic mass is 10.3. The van der Waals surface area contributed by atoms with Crippen LogP contribution in [0.2, 0.25) is 5.02 Å². The third-order valence-corrected chi connectivity index (χ3v) is 2.46. The van der Waals surface area contributed by atoms with Gasteiger partial charge in [-0.05, 0) is 12.5 Å². The molecule has 1 aromatic carbocycles. The molecule has 0 aromatic heterocycles. The van der Waals surface area contributed by atoms with Crippen LogP contribution < -0.4 is 16.6 Å². The zero-order valence-corrected chi connectivity index (χ0v) is 11.1. The molecule has 1 rings (SSSR count). The van der Waals surface area contributed by atoms with Crippen molar-refractivity contribution < 1.29 is 13.5 Å². The summed E-state index contributed by atoms with van der Waals surface area (Å²) in [6, 6.07) is 1.71. The zero-order chi connectivity index (χ0) is 14.3. The Morgan fingerprint density at radius 3 is 2.79 bits per heavy atom. The molecular formula is C11H15ClF2N4O. The molecule has 0 bridgehead atoms. The molecule has 0 saturated heterocycles. The largest absolute Gasteiger partial charge is 0.385 e. The van der Waals surface area contributed by atoms with E-state index in [1.54, 1.807) is 7.11 Å². The van der Waals surface area contributed by atoms with Crippen molar-refractivity contribution in [3.05, 3.63) is 28.8 Å². The number of halogens is 3. The van der Waals surface area contributed by atoms with E-state index in [9.17, 15) is 8.78 Å². The molecule has 8 heteroatoms. The Labute approximate surface area is 114 Å². The summed E-state index contributed by atoms with van der Waals surface area (Å²) in [6.07, 6.45) is 0.684. The molecule has 1 aromatic rings. The van der Waals surface area contributed by atoms with Gasteiger partial charge < -0.3 is 10.1 Å². The molecule has 0 radical (unpaired) electrons. The van der Waals surface area contributed by atoms with Gasteiger partial charge in [0.2, 0.25) is 5.96 Å². The van der Waals surface area contributed by atoms with Crippen LogP contribution in [0.4, 0.5) is 14.5 Å². The number of ether oxygens (including phenoxy) is 1. The summed E-state index contributed by atoms with van der Waals surface area (Å²) >= 11 is 5.73. The molecule has 0 amide bonds. The molecule has 0 aliphatic rings. The molecular weight excluding hydrogens is 278 g/mol. The molecule has 4 N–H and O–H groups in total. The number of nitrogens with two attached hydrogens (primary N) is 1. The number of guanidine groups is 1. The van der Waals surface area contributed by atoms with Crippen molar-refractivity contribution in [3.8, 4) is 0 Å². The third-order valence-electron chi connectivity index (χ3n) is 2.16. The second-order valence-electron chi connectivity index (χ2n) is 3.59. The standard InChI is InChI=1S/C11H15ClF2N4O/c1-19-4-2-3-16-11(18-15)17-10-8(12)5-7(13)6-9(10)14/h5-6H,2-4,15H2,1H3,(H2,16,17,18). The highest BCUT2D eigenvalue weighted by atomic mass is 35.5. The van der Waals surface area contributed by atoms with Crippen molar-refractivity contribution in [3.63, 3.8) is 0 Å². The van der Waals surface area contributed by atoms with Crippen LogP contribution in [0.25, 0.3) is 0 Å². The van der Waals surface area contributed by atoms with Crippen LogP contribution in [0, 0.1) is 11.6 Å². The fourth-order valence-corrected chi connectivity index (χ4v) is 1.54. The monoisotopic (exact) mass is 292 g/mol. The van der Waals surface area contributed by atoms with Crippen molar-refractivity contribution >= 4 is 23.2 Å². The quantitative estimate of drug-likeness (QED) is 0.255. The first kappa shape index (κ1) is 15.6. The van der Waals surface area contributed by atoms with Crippen LogP contribution in [-0.4, -0.2) is 26.2 Å². The first-order chi connectivity index (χ1) is 9.08. The fourth-order valence-electron chi connectivity index (χ4n) is 1.30. The number of benzene rings is 1. The van der Waals surface area contributed by atoms with E-state index in [4.69, 9.17) is 22.2 Å². The number of aliphatic imine (C=N–C) groups is 1. The molecule has 106 valence electrons. The van der Waals surface area contributed by atoms with Gasteiger partial charge >= 0.3 is 0 Å². The summed E-state index contributed by atoms with van der Waals surface area (Å²) in [5.74, 6) is 3.79. The highest BCUT2D eigenvalue weighted by molar-refractivity contribution is 6.33. The van der Waals surface area contributed by atoms with Gasteiger partial charge in [0, 0.05) is 26.3 Å². The SMILES string of the molecule is COCCCN=C(NN)Nc1c(F)cc(F)cc1Cl. The van der Waals surface area contributed by atoms with E-state index < -0.39 is 11.6 Å². The van der Waals surface area contributed by atoms with Crippen LogP contribution in [0.15, 0.2) is 17.1 Å². The average molecular weight is 293 g/mol. The van der Waals surface area contributed by atoms with Crippen LogP contribution >= 0.6 is 11.6 Å². The zero-order valence-electron chi connectivity index (χ0n) is 10.3. The number of nitrogens with zero attached hydrogens (tertiary/aromatic N) is 1.